The summed E-state index contributed by atoms with van der Waals surface area (Å²) in [5, 5.41) is 11.8. The van der Waals surface area contributed by atoms with Gasteiger partial charge in [-0.2, -0.15) is 5.26 Å². The molecule has 1 aromatic heterocycles. The van der Waals surface area contributed by atoms with Crippen LogP contribution in [0.1, 0.15) is 16.9 Å². The van der Waals surface area contributed by atoms with Gasteiger partial charge in [-0.05, 0) is 43.2 Å². The van der Waals surface area contributed by atoms with Crippen LogP contribution in [0.5, 0.6) is 0 Å². The largest absolute Gasteiger partial charge is 0.465 e. The summed E-state index contributed by atoms with van der Waals surface area (Å²) in [6.45, 7) is 3.84. The van der Waals surface area contributed by atoms with Crippen LogP contribution in [0.4, 0.5) is 5.69 Å². The van der Waals surface area contributed by atoms with E-state index in [4.69, 9.17) is 9.68 Å². The monoisotopic (exact) mass is 266 g/mol. The van der Waals surface area contributed by atoms with E-state index in [0.29, 0.717) is 11.4 Å². The fourth-order valence-electron chi connectivity index (χ4n) is 1.72. The molecule has 100 valence electrons. The van der Waals surface area contributed by atoms with E-state index in [1.807, 2.05) is 38.1 Å². The number of nitriles is 1. The van der Waals surface area contributed by atoms with Crippen LogP contribution in [0, 0.1) is 25.2 Å². The fourth-order valence-corrected chi connectivity index (χ4v) is 1.72. The first-order chi connectivity index (χ1) is 9.60. The second-order valence-electron chi connectivity index (χ2n) is 4.46. The van der Waals surface area contributed by atoms with Crippen molar-refractivity contribution in [3.63, 3.8) is 0 Å². The lowest BCUT2D eigenvalue weighted by atomic mass is 10.1. The maximum absolute atomic E-state index is 12.1. The highest BCUT2D eigenvalue weighted by Gasteiger charge is 2.11. The molecule has 4 heteroatoms. The number of furan rings is 1. The molecule has 0 aliphatic rings. The topological polar surface area (TPSA) is 66.0 Å². The van der Waals surface area contributed by atoms with Gasteiger partial charge in [0.05, 0.1) is 6.26 Å². The molecule has 0 spiro atoms. The van der Waals surface area contributed by atoms with Gasteiger partial charge in [0.1, 0.15) is 17.4 Å². The Hall–Kier alpha value is -2.80. The minimum atomic E-state index is -0.447. The van der Waals surface area contributed by atoms with Crippen molar-refractivity contribution in [1.82, 2.24) is 0 Å². The number of amides is 1. The predicted molar refractivity (Wildman–Crippen MR) is 76.8 cm³/mol. The number of anilines is 1. The minimum absolute atomic E-state index is 0.000793. The molecule has 1 aromatic carbocycles. The molecule has 0 radical (unpaired) electrons. The van der Waals surface area contributed by atoms with Gasteiger partial charge < -0.3 is 9.73 Å². The van der Waals surface area contributed by atoms with Crippen molar-refractivity contribution in [1.29, 1.82) is 5.26 Å². The van der Waals surface area contributed by atoms with E-state index in [1.165, 1.54) is 12.3 Å². The molecule has 0 saturated carbocycles. The molecule has 2 aromatic rings. The van der Waals surface area contributed by atoms with Gasteiger partial charge in [0.25, 0.3) is 5.91 Å². The maximum Gasteiger partial charge on any atom is 0.266 e. The van der Waals surface area contributed by atoms with E-state index in [9.17, 15) is 4.79 Å². The van der Waals surface area contributed by atoms with E-state index < -0.39 is 5.91 Å². The van der Waals surface area contributed by atoms with Crippen molar-refractivity contribution < 1.29 is 9.21 Å². The molecule has 1 N–H and O–H groups in total. The summed E-state index contributed by atoms with van der Waals surface area (Å²) in [6, 6.07) is 11.0. The molecule has 0 aliphatic carbocycles. The Morgan fingerprint density at radius 3 is 2.80 bits per heavy atom. The van der Waals surface area contributed by atoms with Gasteiger partial charge in [0.15, 0.2) is 0 Å². The van der Waals surface area contributed by atoms with Crippen molar-refractivity contribution in [2.24, 2.45) is 0 Å². The van der Waals surface area contributed by atoms with E-state index in [2.05, 4.69) is 5.32 Å². The summed E-state index contributed by atoms with van der Waals surface area (Å²) in [4.78, 5) is 12.1. The smallest absolute Gasteiger partial charge is 0.266 e. The van der Waals surface area contributed by atoms with Crippen LogP contribution in [-0.2, 0) is 4.79 Å². The summed E-state index contributed by atoms with van der Waals surface area (Å²) in [5.41, 5.74) is 2.69. The molecule has 0 atom stereocenters. The SMILES string of the molecule is Cc1ccc(C)c(NC(=O)/C(C#N)=C/c2ccco2)c1. The second-order valence-corrected chi connectivity index (χ2v) is 4.46. The Labute approximate surface area is 117 Å². The first kappa shape index (κ1) is 13.6. The van der Waals surface area contributed by atoms with E-state index in [-0.39, 0.29) is 5.57 Å². The fraction of sp³-hybridized carbons (Fsp3) is 0.125. The van der Waals surface area contributed by atoms with Crippen LogP contribution in [0.3, 0.4) is 0 Å². The molecule has 0 aliphatic heterocycles. The zero-order chi connectivity index (χ0) is 14.5. The highest BCUT2D eigenvalue weighted by molar-refractivity contribution is 6.09. The first-order valence-corrected chi connectivity index (χ1v) is 6.14. The standard InChI is InChI=1S/C16H14N2O2/c1-11-5-6-12(2)15(8-11)18-16(19)13(10-17)9-14-4-3-7-20-14/h3-9H,1-2H3,(H,18,19)/b13-9+. The van der Waals surface area contributed by atoms with Gasteiger partial charge in [0.2, 0.25) is 0 Å². The molecule has 0 unspecified atom stereocenters. The lowest BCUT2D eigenvalue weighted by Crippen LogP contribution is -2.14. The van der Waals surface area contributed by atoms with Gasteiger partial charge in [-0.15, -0.1) is 0 Å². The van der Waals surface area contributed by atoms with Crippen molar-refractivity contribution in [3.05, 3.63) is 59.1 Å². The Bertz CT molecular complexity index is 692. The van der Waals surface area contributed by atoms with Crippen LogP contribution in [-0.4, -0.2) is 5.91 Å². The van der Waals surface area contributed by atoms with E-state index >= 15 is 0 Å². The lowest BCUT2D eigenvalue weighted by Gasteiger charge is -2.08. The molecule has 2 rings (SSSR count). The molecular weight excluding hydrogens is 252 g/mol. The molecule has 1 heterocycles. The molecule has 1 amide bonds. The molecule has 0 bridgehead atoms. The third-order valence-corrected chi connectivity index (χ3v) is 2.84. The predicted octanol–water partition coefficient (Wildman–Crippen LogP) is 3.44. The Kier molecular flexibility index (Phi) is 4.02. The van der Waals surface area contributed by atoms with E-state index in [1.54, 1.807) is 12.1 Å². The van der Waals surface area contributed by atoms with Crippen molar-refractivity contribution >= 4 is 17.7 Å². The number of carbonyl (C=O) groups is 1. The highest BCUT2D eigenvalue weighted by atomic mass is 16.3. The summed E-state index contributed by atoms with van der Waals surface area (Å²) in [5.74, 6) is 0.0234. The third kappa shape index (κ3) is 3.15. The summed E-state index contributed by atoms with van der Waals surface area (Å²) in [6.07, 6.45) is 2.91. The molecule has 0 fully saturated rings. The lowest BCUT2D eigenvalue weighted by molar-refractivity contribution is -0.112. The highest BCUT2D eigenvalue weighted by Crippen LogP contribution is 2.17. The number of benzene rings is 1. The van der Waals surface area contributed by atoms with Gasteiger partial charge in [-0.3, -0.25) is 4.79 Å². The normalized spacial score (nSPS) is 10.9. The van der Waals surface area contributed by atoms with Crippen LogP contribution < -0.4 is 5.32 Å². The molecule has 20 heavy (non-hydrogen) atoms. The van der Waals surface area contributed by atoms with Gasteiger partial charge in [-0.25, -0.2) is 0 Å². The van der Waals surface area contributed by atoms with Crippen molar-refractivity contribution in [2.75, 3.05) is 5.32 Å². The number of hydrogen-bond donors (Lipinski definition) is 1. The Morgan fingerprint density at radius 2 is 2.15 bits per heavy atom. The summed E-state index contributed by atoms with van der Waals surface area (Å²) < 4.78 is 5.10. The van der Waals surface area contributed by atoms with Crippen LogP contribution in [0.2, 0.25) is 0 Å². The Balaban J connectivity index is 2.23. The number of rotatable bonds is 3. The molecular formula is C16H14N2O2. The zero-order valence-corrected chi connectivity index (χ0v) is 11.3. The van der Waals surface area contributed by atoms with Crippen LogP contribution in [0.15, 0.2) is 46.6 Å². The first-order valence-electron chi connectivity index (χ1n) is 6.14. The van der Waals surface area contributed by atoms with Crippen LogP contribution in [0.25, 0.3) is 6.08 Å². The van der Waals surface area contributed by atoms with Gasteiger partial charge >= 0.3 is 0 Å². The molecule has 0 saturated heterocycles. The average molecular weight is 266 g/mol. The van der Waals surface area contributed by atoms with E-state index in [0.717, 1.165) is 11.1 Å². The second kappa shape index (κ2) is 5.89. The van der Waals surface area contributed by atoms with Crippen molar-refractivity contribution in [2.45, 2.75) is 13.8 Å². The number of aryl methyl sites for hydroxylation is 2. The number of carbonyl (C=O) groups excluding carboxylic acids is 1. The van der Waals surface area contributed by atoms with Crippen LogP contribution >= 0.6 is 0 Å². The van der Waals surface area contributed by atoms with Gasteiger partial charge in [0, 0.05) is 11.8 Å². The number of nitrogens with one attached hydrogen (secondary N) is 1. The maximum atomic E-state index is 12.1. The summed E-state index contributed by atoms with van der Waals surface area (Å²) in [7, 11) is 0. The minimum Gasteiger partial charge on any atom is -0.465 e. The third-order valence-electron chi connectivity index (χ3n) is 2.84. The Morgan fingerprint density at radius 1 is 1.35 bits per heavy atom. The van der Waals surface area contributed by atoms with Crippen molar-refractivity contribution in [3.8, 4) is 6.07 Å². The quantitative estimate of drug-likeness (QED) is 0.683. The van der Waals surface area contributed by atoms with Gasteiger partial charge in [-0.1, -0.05) is 12.1 Å². The molecule has 4 nitrogen and oxygen atoms in total. The average Bonchev–Trinajstić information content (AvgIpc) is 2.93. The number of hydrogen-bond acceptors (Lipinski definition) is 3. The summed E-state index contributed by atoms with van der Waals surface area (Å²) >= 11 is 0. The zero-order valence-electron chi connectivity index (χ0n) is 11.3. The number of nitrogens with zero attached hydrogens (tertiary/aromatic N) is 1.